The summed E-state index contributed by atoms with van der Waals surface area (Å²) >= 11 is -1.61. The summed E-state index contributed by atoms with van der Waals surface area (Å²) in [5, 5.41) is 7.32. The van der Waals surface area contributed by atoms with E-state index < -0.39 is 13.5 Å². The van der Waals surface area contributed by atoms with Gasteiger partial charge >= 0.3 is 73.4 Å². The average molecular weight is 615 g/mol. The van der Waals surface area contributed by atoms with E-state index in [2.05, 4.69) is 70.2 Å². The van der Waals surface area contributed by atoms with Crippen LogP contribution in [0.25, 0.3) is 0 Å². The average Bonchev–Trinajstić information content (AvgIpc) is 3.22. The van der Waals surface area contributed by atoms with Crippen LogP contribution in [-0.2, 0) is 13.5 Å². The maximum atomic E-state index is 7.32. The number of hydrogen-bond donors (Lipinski definition) is 0. The van der Waals surface area contributed by atoms with Crippen molar-refractivity contribution in [2.75, 3.05) is 13.1 Å². The summed E-state index contributed by atoms with van der Waals surface area (Å²) in [6.45, 7) is 19.8. The number of allylic oxidation sites excluding steroid dienone is 8. The second-order valence-corrected chi connectivity index (χ2v) is 15.5. The van der Waals surface area contributed by atoms with Gasteiger partial charge in [0.25, 0.3) is 0 Å². The molecule has 1 heterocycles. The first-order valence-electron chi connectivity index (χ1n) is 12.4. The van der Waals surface area contributed by atoms with Gasteiger partial charge in [-0.05, 0) is 74.9 Å². The number of nitrogens with zero attached hydrogens (tertiary/aromatic N) is 3. The molecule has 1 aromatic rings. The van der Waals surface area contributed by atoms with Gasteiger partial charge in [-0.1, -0.05) is 37.1 Å². The molecule has 0 amide bonds. The summed E-state index contributed by atoms with van der Waals surface area (Å²) < 4.78 is 1.92. The molecule has 2 aliphatic carbocycles. The third kappa shape index (κ3) is 9.02. The molecule has 2 atom stereocenters. The van der Waals surface area contributed by atoms with Gasteiger partial charge in [0.05, 0.1) is 6.07 Å². The van der Waals surface area contributed by atoms with Crippen LogP contribution in [0.5, 0.6) is 0 Å². The van der Waals surface area contributed by atoms with Crippen molar-refractivity contribution >= 4 is 24.0 Å². The van der Waals surface area contributed by atoms with Crippen molar-refractivity contribution in [1.29, 1.82) is 5.26 Å². The van der Waals surface area contributed by atoms with Gasteiger partial charge in [0.2, 0.25) is 0 Å². The Labute approximate surface area is 232 Å². The molecule has 4 rings (SSSR count). The fraction of sp³-hybridized carbons (Fsp3) is 0.433. The zero-order valence-electron chi connectivity index (χ0n) is 22.6. The van der Waals surface area contributed by atoms with E-state index in [4.69, 9.17) is 24.6 Å². The molecule has 0 unspecified atom stereocenters. The molecule has 3 nitrogen and oxygen atoms in total. The van der Waals surface area contributed by atoms with Crippen LogP contribution in [-0.4, -0.2) is 27.5 Å². The van der Waals surface area contributed by atoms with Crippen LogP contribution in [0, 0.1) is 29.8 Å². The molecule has 1 saturated heterocycles. The number of halogens is 2. The van der Waals surface area contributed by atoms with E-state index in [1.165, 1.54) is 53.5 Å². The summed E-state index contributed by atoms with van der Waals surface area (Å²) in [4.78, 5) is 5.00. The van der Waals surface area contributed by atoms with Gasteiger partial charge in [0.15, 0.2) is 0 Å². The summed E-state index contributed by atoms with van der Waals surface area (Å²) in [5.41, 5.74) is 10.1. The van der Waals surface area contributed by atoms with Gasteiger partial charge in [-0.2, -0.15) is 11.9 Å². The predicted octanol–water partition coefficient (Wildman–Crippen LogP) is 8.54. The van der Waals surface area contributed by atoms with Gasteiger partial charge < -0.3 is 9.80 Å². The molecule has 1 fully saturated rings. The molecule has 0 bridgehead atoms. The molecule has 36 heavy (non-hydrogen) atoms. The summed E-state index contributed by atoms with van der Waals surface area (Å²) in [6, 6.07) is 11.6. The summed E-state index contributed by atoms with van der Waals surface area (Å²) in [6.07, 6.45) is 7.12. The van der Waals surface area contributed by atoms with Crippen molar-refractivity contribution in [2.24, 2.45) is 11.8 Å². The molecule has 0 radical (unpaired) electrons. The predicted molar refractivity (Wildman–Crippen MR) is 153 cm³/mol. The zero-order chi connectivity index (χ0) is 26.8. The summed E-state index contributed by atoms with van der Waals surface area (Å²) in [5.74, 6) is 1.24. The summed E-state index contributed by atoms with van der Waals surface area (Å²) in [7, 11) is 11.3. The normalized spacial score (nSPS) is 21.9. The third-order valence-electron chi connectivity index (χ3n) is 6.40. The molecule has 0 N–H and O–H groups in total. The molecule has 6 heteroatoms. The Morgan fingerprint density at radius 1 is 0.889 bits per heavy atom. The second-order valence-electron chi connectivity index (χ2n) is 9.77. The fourth-order valence-electron chi connectivity index (χ4n) is 5.44. The van der Waals surface area contributed by atoms with Crippen LogP contribution in [0.4, 0.5) is 0 Å². The zero-order valence-corrected chi connectivity index (χ0v) is 25.9. The third-order valence-corrected chi connectivity index (χ3v) is 8.27. The molecule has 0 aromatic heterocycles. The Morgan fingerprint density at radius 3 is 1.67 bits per heavy atom. The van der Waals surface area contributed by atoms with E-state index in [-0.39, 0.29) is 0 Å². The first-order chi connectivity index (χ1) is 17.1. The molecule has 3 aliphatic rings. The van der Waals surface area contributed by atoms with Gasteiger partial charge in [-0.3, -0.25) is 0 Å². The van der Waals surface area contributed by atoms with E-state index in [0.717, 1.165) is 18.7 Å². The van der Waals surface area contributed by atoms with E-state index in [0.29, 0.717) is 11.8 Å². The second kappa shape index (κ2) is 14.9. The SMILES string of the molecule is CC#N.CC1=CC(C)=C(N2[CH-]N(C3=C(C)C=C(C)C[C@@H]3C)CC2)[C@H](C)C1.[Cl][Ru]([Cl])=[CH]c1ccccc1. The van der Waals surface area contributed by atoms with Crippen LogP contribution < -0.4 is 0 Å². The van der Waals surface area contributed by atoms with Crippen molar-refractivity contribution in [1.82, 2.24) is 9.80 Å². The number of benzene rings is 1. The Hall–Kier alpha value is -1.66. The topological polar surface area (TPSA) is 30.3 Å². The Bertz CT molecular complexity index is 1030. The van der Waals surface area contributed by atoms with E-state index in [9.17, 15) is 0 Å². The Kier molecular flexibility index (Phi) is 12.7. The van der Waals surface area contributed by atoms with Crippen molar-refractivity contribution in [3.63, 3.8) is 0 Å². The van der Waals surface area contributed by atoms with Crippen molar-refractivity contribution in [3.05, 3.63) is 88.4 Å². The minimum absolute atomic E-state index is 0.622. The van der Waals surface area contributed by atoms with Gasteiger partial charge in [-0.25, -0.2) is 0 Å². The Balaban J connectivity index is 0.000000292. The van der Waals surface area contributed by atoms with Crippen LogP contribution >= 0.6 is 19.4 Å². The minimum atomic E-state index is -1.61. The Morgan fingerprint density at radius 2 is 1.31 bits per heavy atom. The standard InChI is InChI=1S/C21H31N2.C7H6.C2H3N.2ClH.Ru/c1-14-9-16(3)20(17(4)10-14)22-7-8-23(13-22)21-18(5)11-15(2)12-19(21)6;1-7-5-3-2-4-6-7;1-2-3;;;/h9,11,13,17,19H,7-8,10,12H2,1-6H3;1-6H;1H3;2*1H;/q-1;;;;;+2/p-2/t17-,19+;;;;;. The van der Waals surface area contributed by atoms with Crippen molar-refractivity contribution in [2.45, 2.75) is 61.3 Å². The van der Waals surface area contributed by atoms with Gasteiger partial charge in [-0.15, -0.1) is 0 Å². The quantitative estimate of drug-likeness (QED) is 0.253. The van der Waals surface area contributed by atoms with Crippen LogP contribution in [0.15, 0.2) is 76.2 Å². The van der Waals surface area contributed by atoms with E-state index >= 15 is 0 Å². The maximum absolute atomic E-state index is 7.32. The molecule has 1 aliphatic heterocycles. The molecular formula is C30H40Cl2N3Ru-. The molecule has 198 valence electrons. The fourth-order valence-corrected chi connectivity index (χ4v) is 7.26. The molecule has 0 saturated carbocycles. The molecular weight excluding hydrogens is 574 g/mol. The molecule has 0 spiro atoms. The van der Waals surface area contributed by atoms with E-state index in [1.54, 1.807) is 6.07 Å². The van der Waals surface area contributed by atoms with Crippen LogP contribution in [0.1, 0.15) is 66.9 Å². The molecule has 1 aromatic carbocycles. The van der Waals surface area contributed by atoms with Crippen LogP contribution in [0.2, 0.25) is 0 Å². The van der Waals surface area contributed by atoms with Crippen molar-refractivity contribution in [3.8, 4) is 6.07 Å². The van der Waals surface area contributed by atoms with Crippen LogP contribution in [0.3, 0.4) is 0 Å². The van der Waals surface area contributed by atoms with Gasteiger partial charge in [0, 0.05) is 20.0 Å². The number of rotatable bonds is 3. The number of hydrogen-bond acceptors (Lipinski definition) is 3. The number of nitriles is 1. The van der Waals surface area contributed by atoms with E-state index in [1.807, 2.05) is 34.9 Å². The van der Waals surface area contributed by atoms with Crippen molar-refractivity contribution < 1.29 is 13.5 Å². The monoisotopic (exact) mass is 614 g/mol. The first kappa shape index (κ1) is 30.6. The van der Waals surface area contributed by atoms with Gasteiger partial charge in [0.1, 0.15) is 0 Å². The first-order valence-corrected chi connectivity index (χ1v) is 17.9.